The van der Waals surface area contributed by atoms with Gasteiger partial charge in [-0.25, -0.2) is 4.79 Å². The molecule has 0 amide bonds. The smallest absolute Gasteiger partial charge is 0.339 e. The first-order valence-electron chi connectivity index (χ1n) is 5.18. The lowest BCUT2D eigenvalue weighted by Gasteiger charge is -2.08. The highest BCUT2D eigenvalue weighted by Gasteiger charge is 2.11. The van der Waals surface area contributed by atoms with Gasteiger partial charge in [-0.3, -0.25) is 4.68 Å². The van der Waals surface area contributed by atoms with Crippen molar-refractivity contribution in [2.45, 2.75) is 6.54 Å². The summed E-state index contributed by atoms with van der Waals surface area (Å²) in [7, 11) is 1.46. The van der Waals surface area contributed by atoms with Gasteiger partial charge in [0.2, 0.25) is 0 Å². The van der Waals surface area contributed by atoms with Crippen molar-refractivity contribution >= 4 is 28.6 Å². The number of ether oxygens (including phenoxy) is 1. The van der Waals surface area contributed by atoms with Crippen molar-refractivity contribution < 1.29 is 14.6 Å². The minimum absolute atomic E-state index is 0.163. The molecule has 0 radical (unpaired) electrons. The van der Waals surface area contributed by atoms with Crippen LogP contribution in [0.15, 0.2) is 30.6 Å². The van der Waals surface area contributed by atoms with E-state index >= 15 is 0 Å². The molecule has 94 valence electrons. The van der Waals surface area contributed by atoms with Gasteiger partial charge < -0.3 is 9.84 Å². The molecule has 0 atom stereocenters. The van der Waals surface area contributed by atoms with E-state index in [4.69, 9.17) is 9.84 Å². The number of hydrogen-bond donors (Lipinski definition) is 1. The molecular weight excluding hydrogens is 347 g/mol. The molecule has 0 saturated heterocycles. The number of carboxylic acids is 1. The number of benzene rings is 1. The van der Waals surface area contributed by atoms with Crippen LogP contribution in [-0.4, -0.2) is 28.0 Å². The molecule has 0 bridgehead atoms. The van der Waals surface area contributed by atoms with Crippen molar-refractivity contribution in [1.29, 1.82) is 0 Å². The standard InChI is InChI=1S/C12H11IN2O3/c1-18-11-4-8(2-3-10(11)12(16)17)6-15-7-9(13)5-14-15/h2-5,7H,6H2,1H3,(H,16,17). The van der Waals surface area contributed by atoms with Gasteiger partial charge in [0.15, 0.2) is 0 Å². The zero-order valence-corrected chi connectivity index (χ0v) is 11.8. The van der Waals surface area contributed by atoms with Crippen LogP contribution in [0.3, 0.4) is 0 Å². The molecule has 18 heavy (non-hydrogen) atoms. The maximum atomic E-state index is 11.0. The highest BCUT2D eigenvalue weighted by atomic mass is 127. The zero-order chi connectivity index (χ0) is 13.1. The Labute approximate surface area is 118 Å². The lowest BCUT2D eigenvalue weighted by atomic mass is 10.1. The maximum Gasteiger partial charge on any atom is 0.339 e. The average Bonchev–Trinajstić information content (AvgIpc) is 2.74. The Morgan fingerprint density at radius 1 is 1.56 bits per heavy atom. The molecule has 2 aromatic rings. The van der Waals surface area contributed by atoms with Crippen LogP contribution in [0.1, 0.15) is 15.9 Å². The summed E-state index contributed by atoms with van der Waals surface area (Å²) in [6.07, 6.45) is 3.68. The molecule has 1 aromatic carbocycles. The normalized spacial score (nSPS) is 10.3. The van der Waals surface area contributed by atoms with Gasteiger partial charge in [0.25, 0.3) is 0 Å². The third-order valence-corrected chi connectivity index (χ3v) is 3.00. The fourth-order valence-electron chi connectivity index (χ4n) is 1.62. The first-order chi connectivity index (χ1) is 8.60. The second-order valence-electron chi connectivity index (χ2n) is 3.70. The summed E-state index contributed by atoms with van der Waals surface area (Å²) in [6, 6.07) is 5.03. The Bertz CT molecular complexity index is 580. The monoisotopic (exact) mass is 358 g/mol. The predicted molar refractivity (Wildman–Crippen MR) is 74.0 cm³/mol. The van der Waals surface area contributed by atoms with Crippen molar-refractivity contribution in [3.05, 3.63) is 45.3 Å². The number of rotatable bonds is 4. The Morgan fingerprint density at radius 3 is 2.89 bits per heavy atom. The van der Waals surface area contributed by atoms with Crippen molar-refractivity contribution in [1.82, 2.24) is 9.78 Å². The van der Waals surface area contributed by atoms with Crippen LogP contribution < -0.4 is 4.74 Å². The van der Waals surface area contributed by atoms with Crippen molar-refractivity contribution in [2.24, 2.45) is 0 Å². The fourth-order valence-corrected chi connectivity index (χ4v) is 2.07. The van der Waals surface area contributed by atoms with Crippen LogP contribution in [0.5, 0.6) is 5.75 Å². The second kappa shape index (κ2) is 5.38. The molecule has 0 spiro atoms. The van der Waals surface area contributed by atoms with Gasteiger partial charge >= 0.3 is 5.97 Å². The maximum absolute atomic E-state index is 11.0. The number of hydrogen-bond acceptors (Lipinski definition) is 3. The number of aromatic carboxylic acids is 1. The van der Waals surface area contributed by atoms with Crippen LogP contribution in [0, 0.1) is 3.57 Å². The molecular formula is C12H11IN2O3. The Hall–Kier alpha value is -1.57. The highest BCUT2D eigenvalue weighted by Crippen LogP contribution is 2.20. The van der Waals surface area contributed by atoms with Gasteiger partial charge in [-0.05, 0) is 40.3 Å². The van der Waals surface area contributed by atoms with E-state index in [-0.39, 0.29) is 5.56 Å². The van der Waals surface area contributed by atoms with Gasteiger partial charge in [-0.2, -0.15) is 5.10 Å². The largest absolute Gasteiger partial charge is 0.496 e. The number of halogens is 1. The summed E-state index contributed by atoms with van der Waals surface area (Å²) < 4.78 is 7.92. The quantitative estimate of drug-likeness (QED) is 0.852. The predicted octanol–water partition coefficient (Wildman–Crippen LogP) is 2.24. The summed E-state index contributed by atoms with van der Waals surface area (Å²) in [5.74, 6) is -0.631. The molecule has 0 aliphatic heterocycles. The lowest BCUT2D eigenvalue weighted by molar-refractivity contribution is 0.0693. The van der Waals surface area contributed by atoms with E-state index in [1.165, 1.54) is 7.11 Å². The SMILES string of the molecule is COc1cc(Cn2cc(I)cn2)ccc1C(=O)O. The summed E-state index contributed by atoms with van der Waals surface area (Å²) >= 11 is 2.19. The second-order valence-corrected chi connectivity index (χ2v) is 4.94. The molecule has 0 fully saturated rings. The van der Waals surface area contributed by atoms with Crippen molar-refractivity contribution in [3.8, 4) is 5.75 Å². The molecule has 0 aliphatic carbocycles. The van der Waals surface area contributed by atoms with Crippen LogP contribution in [0.25, 0.3) is 0 Å². The first-order valence-corrected chi connectivity index (χ1v) is 6.26. The summed E-state index contributed by atoms with van der Waals surface area (Å²) in [5, 5.41) is 13.2. The van der Waals surface area contributed by atoms with Gasteiger partial charge in [0.05, 0.1) is 23.4 Å². The van der Waals surface area contributed by atoms with E-state index in [1.54, 1.807) is 29.1 Å². The van der Waals surface area contributed by atoms with Crippen molar-refractivity contribution in [3.63, 3.8) is 0 Å². The van der Waals surface area contributed by atoms with E-state index in [2.05, 4.69) is 27.7 Å². The molecule has 0 saturated carbocycles. The van der Waals surface area contributed by atoms with Crippen LogP contribution in [0.2, 0.25) is 0 Å². The molecule has 1 N–H and O–H groups in total. The Kier molecular flexibility index (Phi) is 3.85. The van der Waals surface area contributed by atoms with Crippen LogP contribution >= 0.6 is 22.6 Å². The van der Waals surface area contributed by atoms with E-state index in [0.717, 1.165) is 9.13 Å². The summed E-state index contributed by atoms with van der Waals surface area (Å²) in [5.41, 5.74) is 1.10. The molecule has 1 heterocycles. The van der Waals surface area contributed by atoms with Gasteiger partial charge in [0.1, 0.15) is 11.3 Å². The molecule has 5 nitrogen and oxygen atoms in total. The lowest BCUT2D eigenvalue weighted by Crippen LogP contribution is -2.04. The van der Waals surface area contributed by atoms with E-state index in [9.17, 15) is 4.79 Å². The molecule has 6 heteroatoms. The highest BCUT2D eigenvalue weighted by molar-refractivity contribution is 14.1. The minimum atomic E-state index is -0.993. The number of nitrogens with zero attached hydrogens (tertiary/aromatic N) is 2. The Balaban J connectivity index is 2.27. The van der Waals surface area contributed by atoms with Gasteiger partial charge in [-0.15, -0.1) is 0 Å². The number of carboxylic acid groups (broad SMARTS) is 1. The number of methoxy groups -OCH3 is 1. The molecule has 1 aromatic heterocycles. The Morgan fingerprint density at radius 2 is 2.33 bits per heavy atom. The molecule has 0 unspecified atom stereocenters. The third-order valence-electron chi connectivity index (χ3n) is 2.44. The summed E-state index contributed by atoms with van der Waals surface area (Å²) in [4.78, 5) is 11.0. The third kappa shape index (κ3) is 2.81. The van der Waals surface area contributed by atoms with Crippen LogP contribution in [-0.2, 0) is 6.54 Å². The van der Waals surface area contributed by atoms with Gasteiger partial charge in [0, 0.05) is 6.20 Å². The van der Waals surface area contributed by atoms with E-state index in [1.807, 2.05) is 6.20 Å². The zero-order valence-electron chi connectivity index (χ0n) is 9.63. The minimum Gasteiger partial charge on any atom is -0.496 e. The molecule has 0 aliphatic rings. The fraction of sp³-hybridized carbons (Fsp3) is 0.167. The number of aromatic nitrogens is 2. The van der Waals surface area contributed by atoms with Crippen molar-refractivity contribution in [2.75, 3.05) is 7.11 Å². The van der Waals surface area contributed by atoms with Crippen LogP contribution in [0.4, 0.5) is 0 Å². The first kappa shape index (κ1) is 12.9. The van der Waals surface area contributed by atoms with E-state index in [0.29, 0.717) is 12.3 Å². The summed E-state index contributed by atoms with van der Waals surface area (Å²) in [6.45, 7) is 0.583. The average molecular weight is 358 g/mol. The molecule has 2 rings (SSSR count). The number of carbonyl (C=O) groups is 1. The topological polar surface area (TPSA) is 64.4 Å². The van der Waals surface area contributed by atoms with Gasteiger partial charge in [-0.1, -0.05) is 6.07 Å². The van der Waals surface area contributed by atoms with E-state index < -0.39 is 5.97 Å².